The predicted octanol–water partition coefficient (Wildman–Crippen LogP) is 5.65. The number of aromatic nitrogens is 5. The van der Waals surface area contributed by atoms with E-state index < -0.39 is 0 Å². The first-order valence-corrected chi connectivity index (χ1v) is 13.3. The molecular weight excluding hydrogens is 496 g/mol. The highest BCUT2D eigenvalue weighted by atomic mass is 32.1. The summed E-state index contributed by atoms with van der Waals surface area (Å²) >= 11 is 1.62. The summed E-state index contributed by atoms with van der Waals surface area (Å²) in [6.45, 7) is 2.48. The Labute approximate surface area is 222 Å². The van der Waals surface area contributed by atoms with Crippen molar-refractivity contribution >= 4 is 46.0 Å². The van der Waals surface area contributed by atoms with Gasteiger partial charge in [0.15, 0.2) is 5.82 Å². The molecule has 0 spiro atoms. The van der Waals surface area contributed by atoms with Crippen molar-refractivity contribution in [1.82, 2.24) is 24.9 Å². The molecule has 188 valence electrons. The van der Waals surface area contributed by atoms with Crippen LogP contribution < -0.4 is 5.32 Å². The van der Waals surface area contributed by atoms with Gasteiger partial charge in [0.1, 0.15) is 17.6 Å². The summed E-state index contributed by atoms with van der Waals surface area (Å²) in [6.07, 6.45) is 10.9. The van der Waals surface area contributed by atoms with Gasteiger partial charge >= 0.3 is 0 Å². The van der Waals surface area contributed by atoms with Gasteiger partial charge in [-0.3, -0.25) is 24.7 Å². The number of thiophene rings is 1. The third kappa shape index (κ3) is 4.73. The summed E-state index contributed by atoms with van der Waals surface area (Å²) in [4.78, 5) is 43.2. The molecule has 5 aromatic rings. The van der Waals surface area contributed by atoms with E-state index in [2.05, 4.69) is 42.6 Å². The molecule has 1 amide bonds. The zero-order valence-corrected chi connectivity index (χ0v) is 21.5. The number of hydrogen-bond acceptors (Lipinski definition) is 8. The quantitative estimate of drug-likeness (QED) is 0.287. The van der Waals surface area contributed by atoms with Gasteiger partial charge in [0.05, 0.1) is 35.3 Å². The Balaban J connectivity index is 1.38. The molecule has 5 aromatic heterocycles. The Kier molecular flexibility index (Phi) is 6.53. The number of aromatic amines is 1. The third-order valence-electron chi connectivity index (χ3n) is 6.27. The number of pyridine rings is 3. The Morgan fingerprint density at radius 3 is 2.89 bits per heavy atom. The van der Waals surface area contributed by atoms with Gasteiger partial charge in [-0.05, 0) is 36.1 Å². The topological polar surface area (TPSA) is 121 Å². The second-order valence-corrected chi connectivity index (χ2v) is 9.70. The minimum atomic E-state index is -0.0152. The first kappa shape index (κ1) is 23.8. The fraction of sp³-hybridized carbons (Fsp3) is 0.179. The van der Waals surface area contributed by atoms with Crippen LogP contribution in [0.2, 0.25) is 0 Å². The maximum atomic E-state index is 12.2. The number of fused-ring (bicyclic) bond motifs is 2. The van der Waals surface area contributed by atoms with Crippen LogP contribution in [0.25, 0.3) is 33.4 Å². The SMILES string of the molecule is CCCCC(=O)Nc1cncc(-c2cnc3c(c2)C(c2nc4c(-c5ccsc5)nccc4[nH]2)=NC=NC3)c1. The molecule has 38 heavy (non-hydrogen) atoms. The van der Waals surface area contributed by atoms with E-state index in [-0.39, 0.29) is 5.91 Å². The van der Waals surface area contributed by atoms with Crippen molar-refractivity contribution < 1.29 is 4.79 Å². The zero-order chi connectivity index (χ0) is 25.9. The molecule has 0 fully saturated rings. The Bertz CT molecular complexity index is 1690. The van der Waals surface area contributed by atoms with Gasteiger partial charge in [-0.1, -0.05) is 13.3 Å². The maximum Gasteiger partial charge on any atom is 0.224 e. The van der Waals surface area contributed by atoms with Crippen LogP contribution >= 0.6 is 11.3 Å². The van der Waals surface area contributed by atoms with Crippen LogP contribution in [0.5, 0.6) is 0 Å². The van der Waals surface area contributed by atoms with Crippen molar-refractivity contribution in [1.29, 1.82) is 0 Å². The average Bonchev–Trinajstić information content (AvgIpc) is 3.58. The number of carbonyl (C=O) groups excluding carboxylic acids is 1. The van der Waals surface area contributed by atoms with Gasteiger partial charge in [0, 0.05) is 52.6 Å². The molecule has 1 aliphatic heterocycles. The minimum Gasteiger partial charge on any atom is -0.337 e. The number of H-pyrrole nitrogens is 1. The van der Waals surface area contributed by atoms with E-state index in [1.165, 1.54) is 0 Å². The molecule has 9 nitrogen and oxygen atoms in total. The summed E-state index contributed by atoms with van der Waals surface area (Å²) in [7, 11) is 0. The highest BCUT2D eigenvalue weighted by Crippen LogP contribution is 2.29. The Morgan fingerprint density at radius 2 is 2.03 bits per heavy atom. The second kappa shape index (κ2) is 10.4. The van der Waals surface area contributed by atoms with Gasteiger partial charge < -0.3 is 10.3 Å². The molecule has 0 saturated heterocycles. The van der Waals surface area contributed by atoms with E-state index >= 15 is 0 Å². The van der Waals surface area contributed by atoms with Crippen LogP contribution in [0.3, 0.4) is 0 Å². The number of carbonyl (C=O) groups is 1. The van der Waals surface area contributed by atoms with Crippen molar-refractivity contribution in [2.75, 3.05) is 5.32 Å². The maximum absolute atomic E-state index is 12.2. The van der Waals surface area contributed by atoms with Gasteiger partial charge in [0.25, 0.3) is 0 Å². The Hall–Kier alpha value is -4.57. The van der Waals surface area contributed by atoms with Crippen molar-refractivity contribution in [2.45, 2.75) is 32.7 Å². The summed E-state index contributed by atoms with van der Waals surface area (Å²) in [5, 5.41) is 7.03. The van der Waals surface area contributed by atoms with Crippen LogP contribution in [0, 0.1) is 0 Å². The standard InChI is InChI=1S/C28H24N8OS/c1-2-3-4-24(37)34-20-9-18(11-29-13-20)19-10-21-23(32-12-19)14-30-16-33-26(21)28-35-22-5-7-31-25(27(22)36-28)17-6-8-38-15-17/h5-13,15-16H,2-4,14H2,1H3,(H,34,37)(H,35,36). The predicted molar refractivity (Wildman–Crippen MR) is 151 cm³/mol. The van der Waals surface area contributed by atoms with Crippen LogP contribution in [0.1, 0.15) is 43.3 Å². The lowest BCUT2D eigenvalue weighted by Crippen LogP contribution is -2.11. The van der Waals surface area contributed by atoms with Gasteiger partial charge in [-0.25, -0.2) is 9.98 Å². The molecule has 0 aromatic carbocycles. The highest BCUT2D eigenvalue weighted by Gasteiger charge is 2.21. The van der Waals surface area contributed by atoms with Crippen molar-refractivity contribution in [3.8, 4) is 22.4 Å². The lowest BCUT2D eigenvalue weighted by Gasteiger charge is -2.11. The summed E-state index contributed by atoms with van der Waals surface area (Å²) in [5.74, 6) is 0.603. The summed E-state index contributed by atoms with van der Waals surface area (Å²) < 4.78 is 0. The average molecular weight is 521 g/mol. The number of anilines is 1. The Morgan fingerprint density at radius 1 is 1.11 bits per heavy atom. The van der Waals surface area contributed by atoms with Crippen LogP contribution in [0.15, 0.2) is 69.8 Å². The monoisotopic (exact) mass is 520 g/mol. The third-order valence-corrected chi connectivity index (χ3v) is 6.95. The lowest BCUT2D eigenvalue weighted by molar-refractivity contribution is -0.116. The number of unbranched alkanes of at least 4 members (excludes halogenated alkanes) is 1. The van der Waals surface area contributed by atoms with Crippen molar-refractivity contribution in [2.24, 2.45) is 9.98 Å². The summed E-state index contributed by atoms with van der Waals surface area (Å²) in [6, 6.07) is 7.89. The molecule has 1 aliphatic rings. The molecular formula is C28H24N8OS. The van der Waals surface area contributed by atoms with Gasteiger partial charge in [-0.2, -0.15) is 11.3 Å². The number of rotatable bonds is 7. The fourth-order valence-electron chi connectivity index (χ4n) is 4.35. The van der Waals surface area contributed by atoms with E-state index in [1.807, 2.05) is 29.6 Å². The number of imidazole rings is 1. The van der Waals surface area contributed by atoms with Gasteiger partial charge in [0.2, 0.25) is 5.91 Å². The largest absolute Gasteiger partial charge is 0.337 e. The van der Waals surface area contributed by atoms with E-state index in [4.69, 9.17) is 9.97 Å². The molecule has 0 unspecified atom stereocenters. The molecule has 0 bridgehead atoms. The highest BCUT2D eigenvalue weighted by molar-refractivity contribution is 7.08. The molecule has 0 radical (unpaired) electrons. The number of aliphatic imine (C=N–C) groups is 2. The molecule has 6 rings (SSSR count). The number of nitrogens with zero attached hydrogens (tertiary/aromatic N) is 6. The van der Waals surface area contributed by atoms with Crippen molar-refractivity contribution in [3.63, 3.8) is 0 Å². The molecule has 0 atom stereocenters. The molecule has 2 N–H and O–H groups in total. The first-order chi connectivity index (χ1) is 18.7. The zero-order valence-electron chi connectivity index (χ0n) is 20.7. The van der Waals surface area contributed by atoms with Gasteiger partial charge in [-0.15, -0.1) is 0 Å². The van der Waals surface area contributed by atoms with E-state index in [9.17, 15) is 4.79 Å². The fourth-order valence-corrected chi connectivity index (χ4v) is 4.99. The van der Waals surface area contributed by atoms with Crippen molar-refractivity contribution in [3.05, 3.63) is 76.9 Å². The normalized spacial score (nSPS) is 12.7. The second-order valence-electron chi connectivity index (χ2n) is 8.92. The molecule has 0 saturated carbocycles. The summed E-state index contributed by atoms with van der Waals surface area (Å²) in [5.41, 5.74) is 8.15. The van der Waals surface area contributed by atoms with Crippen LogP contribution in [0.4, 0.5) is 5.69 Å². The lowest BCUT2D eigenvalue weighted by atomic mass is 10.0. The van der Waals surface area contributed by atoms with E-state index in [0.29, 0.717) is 30.2 Å². The minimum absolute atomic E-state index is 0.0152. The van der Waals surface area contributed by atoms with Crippen LogP contribution in [-0.4, -0.2) is 42.9 Å². The first-order valence-electron chi connectivity index (χ1n) is 12.4. The smallest absolute Gasteiger partial charge is 0.224 e. The molecule has 10 heteroatoms. The van der Waals surface area contributed by atoms with E-state index in [1.54, 1.807) is 42.5 Å². The molecule has 0 aliphatic carbocycles. The number of hydrogen-bond donors (Lipinski definition) is 2. The van der Waals surface area contributed by atoms with Crippen LogP contribution in [-0.2, 0) is 11.3 Å². The van der Waals surface area contributed by atoms with E-state index in [0.717, 1.165) is 57.5 Å². The number of amides is 1. The number of nitrogens with one attached hydrogen (secondary N) is 2. The molecule has 6 heterocycles.